The summed E-state index contributed by atoms with van der Waals surface area (Å²) in [5, 5.41) is 6.67. The third kappa shape index (κ3) is 4.62. The van der Waals surface area contributed by atoms with E-state index in [1.807, 2.05) is 0 Å². The van der Waals surface area contributed by atoms with Crippen LogP contribution >= 0.6 is 0 Å². The van der Waals surface area contributed by atoms with E-state index in [4.69, 9.17) is 4.52 Å². The SMILES string of the molecule is O=C(NCCC1=CCCCC1)c1nc(-c2ccc(S(=O)(=O)N3CCCC3)cc2)no1. The van der Waals surface area contributed by atoms with Gasteiger partial charge in [-0.3, -0.25) is 4.79 Å². The van der Waals surface area contributed by atoms with Crippen molar-refractivity contribution >= 4 is 15.9 Å². The average Bonchev–Trinajstić information content (AvgIpc) is 3.47. The van der Waals surface area contributed by atoms with Crippen LogP contribution in [0, 0.1) is 0 Å². The van der Waals surface area contributed by atoms with Crippen LogP contribution in [0.3, 0.4) is 0 Å². The molecule has 160 valence electrons. The Morgan fingerprint density at radius 2 is 1.87 bits per heavy atom. The number of hydrogen-bond acceptors (Lipinski definition) is 6. The highest BCUT2D eigenvalue weighted by atomic mass is 32.2. The molecule has 0 atom stereocenters. The molecule has 9 heteroatoms. The first-order chi connectivity index (χ1) is 14.5. The summed E-state index contributed by atoms with van der Waals surface area (Å²) in [5.41, 5.74) is 1.97. The fourth-order valence-electron chi connectivity index (χ4n) is 3.83. The number of sulfonamides is 1. The first kappa shape index (κ1) is 20.7. The quantitative estimate of drug-likeness (QED) is 0.677. The molecule has 1 fully saturated rings. The maximum Gasteiger partial charge on any atom is 0.316 e. The van der Waals surface area contributed by atoms with Crippen LogP contribution in [0.1, 0.15) is 55.6 Å². The molecule has 0 spiro atoms. The Labute approximate surface area is 176 Å². The van der Waals surface area contributed by atoms with Gasteiger partial charge in [-0.25, -0.2) is 8.42 Å². The van der Waals surface area contributed by atoms with Crippen LogP contribution in [0.15, 0.2) is 45.3 Å². The standard InChI is InChI=1S/C21H26N4O4S/c26-20(22-13-12-16-6-2-1-3-7-16)21-23-19(24-29-21)17-8-10-18(11-9-17)30(27,28)25-14-4-5-15-25/h6,8-11H,1-5,7,12-15H2,(H,22,26). The van der Waals surface area contributed by atoms with Crippen molar-refractivity contribution in [2.75, 3.05) is 19.6 Å². The molecule has 1 saturated heterocycles. The van der Waals surface area contributed by atoms with Gasteiger partial charge in [0.25, 0.3) is 0 Å². The lowest BCUT2D eigenvalue weighted by atomic mass is 9.97. The second-order valence-corrected chi connectivity index (χ2v) is 9.61. The van der Waals surface area contributed by atoms with Crippen molar-refractivity contribution in [2.45, 2.75) is 49.8 Å². The summed E-state index contributed by atoms with van der Waals surface area (Å²) in [6.45, 7) is 1.65. The maximum absolute atomic E-state index is 12.6. The Hall–Kier alpha value is -2.52. The van der Waals surface area contributed by atoms with Gasteiger partial charge in [-0.2, -0.15) is 9.29 Å². The summed E-state index contributed by atoms with van der Waals surface area (Å²) in [6.07, 6.45) is 9.55. The molecule has 0 unspecified atom stereocenters. The van der Waals surface area contributed by atoms with Crippen LogP contribution in [0.4, 0.5) is 0 Å². The maximum atomic E-state index is 12.6. The van der Waals surface area contributed by atoms with Crippen molar-refractivity contribution < 1.29 is 17.7 Å². The second kappa shape index (κ2) is 9.09. The zero-order valence-corrected chi connectivity index (χ0v) is 17.7. The molecule has 0 saturated carbocycles. The Bertz CT molecular complexity index is 1020. The fraction of sp³-hybridized carbons (Fsp3) is 0.476. The minimum atomic E-state index is -3.47. The second-order valence-electron chi connectivity index (χ2n) is 7.67. The van der Waals surface area contributed by atoms with Gasteiger partial charge in [-0.05, 0) is 69.2 Å². The lowest BCUT2D eigenvalue weighted by molar-refractivity contribution is 0.0910. The average molecular weight is 431 g/mol. The fourth-order valence-corrected chi connectivity index (χ4v) is 5.35. The number of hydrogen-bond donors (Lipinski definition) is 1. The molecule has 8 nitrogen and oxygen atoms in total. The van der Waals surface area contributed by atoms with Crippen molar-refractivity contribution in [3.8, 4) is 11.4 Å². The van der Waals surface area contributed by atoms with Crippen molar-refractivity contribution in [2.24, 2.45) is 0 Å². The van der Waals surface area contributed by atoms with Gasteiger partial charge in [0.05, 0.1) is 4.90 Å². The van der Waals surface area contributed by atoms with E-state index in [-0.39, 0.29) is 16.6 Å². The molecule has 2 aliphatic rings. The van der Waals surface area contributed by atoms with Gasteiger partial charge in [0.15, 0.2) is 0 Å². The summed E-state index contributed by atoms with van der Waals surface area (Å²) in [5.74, 6) is -0.255. The Morgan fingerprint density at radius 3 is 2.57 bits per heavy atom. The third-order valence-electron chi connectivity index (χ3n) is 5.55. The lowest BCUT2D eigenvalue weighted by Gasteiger charge is -2.15. The first-order valence-corrected chi connectivity index (χ1v) is 11.9. The molecule has 1 N–H and O–H groups in total. The molecular weight excluding hydrogens is 404 g/mol. The summed E-state index contributed by atoms with van der Waals surface area (Å²) >= 11 is 0. The number of carbonyl (C=O) groups is 1. The monoisotopic (exact) mass is 430 g/mol. The van der Waals surface area contributed by atoms with Crippen LogP contribution in [-0.2, 0) is 10.0 Å². The highest BCUT2D eigenvalue weighted by Gasteiger charge is 2.27. The number of nitrogens with one attached hydrogen (secondary N) is 1. The lowest BCUT2D eigenvalue weighted by Crippen LogP contribution is -2.27. The zero-order chi connectivity index (χ0) is 21.0. The van der Waals surface area contributed by atoms with E-state index < -0.39 is 15.9 Å². The van der Waals surface area contributed by atoms with Crippen molar-refractivity contribution in [1.29, 1.82) is 0 Å². The highest BCUT2D eigenvalue weighted by Crippen LogP contribution is 2.24. The highest BCUT2D eigenvalue weighted by molar-refractivity contribution is 7.89. The summed E-state index contributed by atoms with van der Waals surface area (Å²) < 4.78 is 31.8. The van der Waals surface area contributed by atoms with Gasteiger partial charge in [0, 0.05) is 25.2 Å². The number of benzene rings is 1. The van der Waals surface area contributed by atoms with Crippen LogP contribution in [0.5, 0.6) is 0 Å². The molecule has 0 bridgehead atoms. The Kier molecular flexibility index (Phi) is 6.29. The van der Waals surface area contributed by atoms with Crippen molar-refractivity contribution in [3.05, 3.63) is 41.8 Å². The number of carbonyl (C=O) groups excluding carboxylic acids is 1. The normalized spacial score (nSPS) is 17.7. The van der Waals surface area contributed by atoms with E-state index in [9.17, 15) is 13.2 Å². The zero-order valence-electron chi connectivity index (χ0n) is 16.8. The number of amides is 1. The summed E-state index contributed by atoms with van der Waals surface area (Å²) in [6, 6.07) is 6.34. The molecular formula is C21H26N4O4S. The molecule has 4 rings (SSSR count). The van der Waals surface area contributed by atoms with Gasteiger partial charge in [-0.1, -0.05) is 16.8 Å². The Morgan fingerprint density at radius 1 is 1.10 bits per heavy atom. The molecule has 30 heavy (non-hydrogen) atoms. The predicted octanol–water partition coefficient (Wildman–Crippen LogP) is 3.14. The smallest absolute Gasteiger partial charge is 0.316 e. The molecule has 1 amide bonds. The van der Waals surface area contributed by atoms with E-state index in [1.54, 1.807) is 12.1 Å². The third-order valence-corrected chi connectivity index (χ3v) is 7.47. The van der Waals surface area contributed by atoms with Crippen LogP contribution in [0.25, 0.3) is 11.4 Å². The molecule has 1 aliphatic carbocycles. The first-order valence-electron chi connectivity index (χ1n) is 10.4. The van der Waals surface area contributed by atoms with Crippen LogP contribution in [-0.4, -0.2) is 48.4 Å². The van der Waals surface area contributed by atoms with Gasteiger partial charge >= 0.3 is 11.8 Å². The molecule has 0 radical (unpaired) electrons. The molecule has 1 aromatic heterocycles. The van der Waals surface area contributed by atoms with Crippen molar-refractivity contribution in [1.82, 2.24) is 19.8 Å². The van der Waals surface area contributed by atoms with E-state index >= 15 is 0 Å². The van der Waals surface area contributed by atoms with Gasteiger partial charge in [0.2, 0.25) is 15.8 Å². The van der Waals surface area contributed by atoms with Gasteiger partial charge < -0.3 is 9.84 Å². The van der Waals surface area contributed by atoms with Crippen molar-refractivity contribution in [3.63, 3.8) is 0 Å². The number of nitrogens with zero attached hydrogens (tertiary/aromatic N) is 3. The number of allylic oxidation sites excluding steroid dienone is 1. The summed E-state index contributed by atoms with van der Waals surface area (Å²) in [7, 11) is -3.47. The van der Waals surface area contributed by atoms with E-state index in [1.165, 1.54) is 34.9 Å². The number of aromatic nitrogens is 2. The molecule has 2 heterocycles. The predicted molar refractivity (Wildman–Crippen MR) is 111 cm³/mol. The molecule has 2 aromatic rings. The minimum Gasteiger partial charge on any atom is -0.348 e. The molecule has 1 aromatic carbocycles. The van der Waals surface area contributed by atoms with Gasteiger partial charge in [-0.15, -0.1) is 0 Å². The largest absolute Gasteiger partial charge is 0.348 e. The van der Waals surface area contributed by atoms with Crippen LogP contribution in [0.2, 0.25) is 0 Å². The summed E-state index contributed by atoms with van der Waals surface area (Å²) in [4.78, 5) is 16.6. The van der Waals surface area contributed by atoms with E-state index in [0.717, 1.165) is 32.1 Å². The van der Waals surface area contributed by atoms with Gasteiger partial charge in [0.1, 0.15) is 0 Å². The topological polar surface area (TPSA) is 105 Å². The molecule has 1 aliphatic heterocycles. The van der Waals surface area contributed by atoms with E-state index in [2.05, 4.69) is 21.5 Å². The number of rotatable bonds is 7. The Balaban J connectivity index is 1.37. The van der Waals surface area contributed by atoms with Crippen LogP contribution < -0.4 is 5.32 Å². The minimum absolute atomic E-state index is 0.101. The van der Waals surface area contributed by atoms with E-state index in [0.29, 0.717) is 25.2 Å².